The van der Waals surface area contributed by atoms with E-state index in [2.05, 4.69) is 11.8 Å². The Kier molecular flexibility index (Phi) is 3.88. The van der Waals surface area contributed by atoms with Crippen LogP contribution in [0.25, 0.3) is 0 Å². The fourth-order valence-electron chi connectivity index (χ4n) is 3.25. The Morgan fingerprint density at radius 2 is 2.12 bits per heavy atom. The van der Waals surface area contributed by atoms with Gasteiger partial charge in [-0.3, -0.25) is 4.90 Å². The number of hydrogen-bond donors (Lipinski definition) is 1. The van der Waals surface area contributed by atoms with E-state index in [1.807, 2.05) is 7.11 Å². The molecule has 1 aliphatic carbocycles. The maximum atomic E-state index is 6.07. The molecule has 0 aromatic rings. The van der Waals surface area contributed by atoms with E-state index in [9.17, 15) is 0 Å². The molecule has 1 saturated carbocycles. The SMILES string of the molecule is COC1(C)CCCN(C2CCCC(N)C2)C1. The number of hydrogen-bond acceptors (Lipinski definition) is 3. The summed E-state index contributed by atoms with van der Waals surface area (Å²) in [7, 11) is 1.84. The minimum absolute atomic E-state index is 0.0692. The van der Waals surface area contributed by atoms with Crippen LogP contribution in [0.4, 0.5) is 0 Å². The quantitative estimate of drug-likeness (QED) is 0.779. The zero-order valence-corrected chi connectivity index (χ0v) is 10.7. The first kappa shape index (κ1) is 12.3. The monoisotopic (exact) mass is 226 g/mol. The number of piperidine rings is 1. The van der Waals surface area contributed by atoms with E-state index < -0.39 is 0 Å². The van der Waals surface area contributed by atoms with Crippen molar-refractivity contribution in [3.63, 3.8) is 0 Å². The van der Waals surface area contributed by atoms with Gasteiger partial charge < -0.3 is 10.5 Å². The molecule has 3 atom stereocenters. The van der Waals surface area contributed by atoms with Crippen LogP contribution in [0.15, 0.2) is 0 Å². The van der Waals surface area contributed by atoms with Crippen molar-refractivity contribution in [3.05, 3.63) is 0 Å². The van der Waals surface area contributed by atoms with Crippen LogP contribution < -0.4 is 5.73 Å². The second-order valence-electron chi connectivity index (χ2n) is 5.81. The van der Waals surface area contributed by atoms with Gasteiger partial charge in [-0.25, -0.2) is 0 Å². The molecular formula is C13H26N2O. The van der Waals surface area contributed by atoms with Gasteiger partial charge in [-0.05, 0) is 45.6 Å². The molecule has 0 spiro atoms. The molecule has 0 amide bonds. The summed E-state index contributed by atoms with van der Waals surface area (Å²) in [5.41, 5.74) is 6.14. The Morgan fingerprint density at radius 3 is 2.81 bits per heavy atom. The van der Waals surface area contributed by atoms with Crippen molar-refractivity contribution >= 4 is 0 Å². The molecule has 2 fully saturated rings. The average Bonchev–Trinajstić information content (AvgIpc) is 2.29. The van der Waals surface area contributed by atoms with Gasteiger partial charge in [0.15, 0.2) is 0 Å². The van der Waals surface area contributed by atoms with Crippen molar-refractivity contribution in [3.8, 4) is 0 Å². The first-order valence-electron chi connectivity index (χ1n) is 6.68. The summed E-state index contributed by atoms with van der Waals surface area (Å²) in [5, 5.41) is 0. The molecule has 16 heavy (non-hydrogen) atoms. The third kappa shape index (κ3) is 2.76. The zero-order valence-electron chi connectivity index (χ0n) is 10.7. The number of nitrogens with zero attached hydrogens (tertiary/aromatic N) is 1. The molecule has 2 aliphatic rings. The molecule has 1 heterocycles. The highest BCUT2D eigenvalue weighted by Crippen LogP contribution is 2.29. The third-order valence-electron chi connectivity index (χ3n) is 4.38. The maximum Gasteiger partial charge on any atom is 0.0777 e. The van der Waals surface area contributed by atoms with E-state index in [4.69, 9.17) is 10.5 Å². The van der Waals surface area contributed by atoms with Gasteiger partial charge in [-0.15, -0.1) is 0 Å². The van der Waals surface area contributed by atoms with Gasteiger partial charge in [0, 0.05) is 25.7 Å². The predicted octanol–water partition coefficient (Wildman–Crippen LogP) is 1.76. The van der Waals surface area contributed by atoms with E-state index in [0.717, 1.165) is 6.54 Å². The first-order chi connectivity index (χ1) is 7.63. The van der Waals surface area contributed by atoms with Gasteiger partial charge in [0.05, 0.1) is 5.60 Å². The molecule has 3 nitrogen and oxygen atoms in total. The lowest BCUT2D eigenvalue weighted by molar-refractivity contribution is -0.0653. The molecule has 2 N–H and O–H groups in total. The minimum atomic E-state index is 0.0692. The Morgan fingerprint density at radius 1 is 1.31 bits per heavy atom. The van der Waals surface area contributed by atoms with Gasteiger partial charge in [0.2, 0.25) is 0 Å². The van der Waals surface area contributed by atoms with Gasteiger partial charge >= 0.3 is 0 Å². The van der Waals surface area contributed by atoms with Crippen molar-refractivity contribution < 1.29 is 4.74 Å². The Hall–Kier alpha value is -0.120. The molecule has 0 aromatic heterocycles. The largest absolute Gasteiger partial charge is 0.377 e. The van der Waals surface area contributed by atoms with Crippen LogP contribution in [-0.4, -0.2) is 42.8 Å². The molecule has 0 bridgehead atoms. The van der Waals surface area contributed by atoms with Crippen LogP contribution in [0.5, 0.6) is 0 Å². The molecule has 1 saturated heterocycles. The van der Waals surface area contributed by atoms with Crippen LogP contribution in [-0.2, 0) is 4.74 Å². The van der Waals surface area contributed by atoms with Crippen LogP contribution in [0.3, 0.4) is 0 Å². The van der Waals surface area contributed by atoms with Crippen LogP contribution >= 0.6 is 0 Å². The van der Waals surface area contributed by atoms with E-state index in [-0.39, 0.29) is 5.60 Å². The molecule has 0 aromatic carbocycles. The molecule has 94 valence electrons. The van der Waals surface area contributed by atoms with Gasteiger partial charge in [-0.1, -0.05) is 6.42 Å². The molecule has 1 aliphatic heterocycles. The normalized spacial score (nSPS) is 42.2. The van der Waals surface area contributed by atoms with E-state index in [0.29, 0.717) is 12.1 Å². The number of methoxy groups -OCH3 is 1. The van der Waals surface area contributed by atoms with Gasteiger partial charge in [0.1, 0.15) is 0 Å². The van der Waals surface area contributed by atoms with E-state index in [1.165, 1.54) is 45.1 Å². The highest BCUT2D eigenvalue weighted by molar-refractivity contribution is 4.90. The lowest BCUT2D eigenvalue weighted by atomic mass is 9.87. The molecular weight excluding hydrogens is 200 g/mol. The molecule has 3 heteroatoms. The van der Waals surface area contributed by atoms with Crippen molar-refractivity contribution in [1.82, 2.24) is 4.90 Å². The second kappa shape index (κ2) is 5.03. The highest BCUT2D eigenvalue weighted by Gasteiger charge is 2.35. The Balaban J connectivity index is 1.93. The first-order valence-corrected chi connectivity index (χ1v) is 6.68. The predicted molar refractivity (Wildman–Crippen MR) is 66.5 cm³/mol. The summed E-state index contributed by atoms with van der Waals surface area (Å²) < 4.78 is 5.65. The Bertz CT molecular complexity index is 234. The summed E-state index contributed by atoms with van der Waals surface area (Å²) in [6.07, 6.45) is 7.47. The molecule has 3 unspecified atom stereocenters. The minimum Gasteiger partial charge on any atom is -0.377 e. The number of likely N-dealkylation sites (tertiary alicyclic amines) is 1. The van der Waals surface area contributed by atoms with Crippen molar-refractivity contribution in [1.29, 1.82) is 0 Å². The molecule has 2 rings (SSSR count). The third-order valence-corrected chi connectivity index (χ3v) is 4.38. The standard InChI is InChI=1S/C13H26N2O/c1-13(16-2)7-4-8-15(10-13)12-6-3-5-11(14)9-12/h11-12H,3-10,14H2,1-2H3. The van der Waals surface area contributed by atoms with Crippen LogP contribution in [0, 0.1) is 0 Å². The highest BCUT2D eigenvalue weighted by atomic mass is 16.5. The number of rotatable bonds is 2. The number of nitrogens with two attached hydrogens (primary N) is 1. The fraction of sp³-hybridized carbons (Fsp3) is 1.00. The summed E-state index contributed by atoms with van der Waals surface area (Å²) in [6, 6.07) is 1.13. The second-order valence-corrected chi connectivity index (χ2v) is 5.81. The summed E-state index contributed by atoms with van der Waals surface area (Å²) in [4.78, 5) is 2.62. The van der Waals surface area contributed by atoms with Gasteiger partial charge in [-0.2, -0.15) is 0 Å². The molecule has 0 radical (unpaired) electrons. The summed E-state index contributed by atoms with van der Waals surface area (Å²) in [5.74, 6) is 0. The fourth-order valence-corrected chi connectivity index (χ4v) is 3.25. The van der Waals surface area contributed by atoms with E-state index >= 15 is 0 Å². The Labute approximate surface area is 99.3 Å². The number of ether oxygens (including phenoxy) is 1. The smallest absolute Gasteiger partial charge is 0.0777 e. The van der Waals surface area contributed by atoms with Crippen molar-refractivity contribution in [2.75, 3.05) is 20.2 Å². The van der Waals surface area contributed by atoms with E-state index in [1.54, 1.807) is 0 Å². The lowest BCUT2D eigenvalue weighted by Gasteiger charge is -2.45. The maximum absolute atomic E-state index is 6.07. The van der Waals surface area contributed by atoms with Crippen molar-refractivity contribution in [2.45, 2.75) is 63.1 Å². The van der Waals surface area contributed by atoms with Crippen molar-refractivity contribution in [2.24, 2.45) is 5.73 Å². The summed E-state index contributed by atoms with van der Waals surface area (Å²) >= 11 is 0. The van der Waals surface area contributed by atoms with Crippen LogP contribution in [0.2, 0.25) is 0 Å². The van der Waals surface area contributed by atoms with Crippen LogP contribution in [0.1, 0.15) is 45.4 Å². The van der Waals surface area contributed by atoms with Gasteiger partial charge in [0.25, 0.3) is 0 Å². The topological polar surface area (TPSA) is 38.5 Å². The average molecular weight is 226 g/mol. The lowest BCUT2D eigenvalue weighted by Crippen LogP contribution is -2.53. The summed E-state index contributed by atoms with van der Waals surface area (Å²) in [6.45, 7) is 4.55. The zero-order chi connectivity index (χ0) is 11.6.